The monoisotopic (exact) mass is 398 g/mol. The van der Waals surface area contributed by atoms with Crippen LogP contribution in [0.1, 0.15) is 131 Å². The van der Waals surface area contributed by atoms with Gasteiger partial charge in [-0.25, -0.2) is 0 Å². The summed E-state index contributed by atoms with van der Waals surface area (Å²) in [6, 6.07) is 0. The second kappa shape index (κ2) is 7.00. The normalized spacial score (nSPS) is 56.8. The third-order valence-electron chi connectivity index (χ3n) is 13.0. The van der Waals surface area contributed by atoms with Crippen LogP contribution >= 0.6 is 0 Å². The van der Waals surface area contributed by atoms with Crippen molar-refractivity contribution in [1.29, 1.82) is 0 Å². The first-order chi connectivity index (χ1) is 13.8. The van der Waals surface area contributed by atoms with Gasteiger partial charge in [0.2, 0.25) is 0 Å². The molecule has 0 heterocycles. The van der Waals surface area contributed by atoms with Gasteiger partial charge in [0, 0.05) is 0 Å². The highest BCUT2D eigenvalue weighted by molar-refractivity contribution is 5.19. The lowest BCUT2D eigenvalue weighted by atomic mass is 9.41. The molecule has 0 amide bonds. The van der Waals surface area contributed by atoms with E-state index < -0.39 is 0 Å². The lowest BCUT2D eigenvalue weighted by Crippen LogP contribution is -2.56. The smallest absolute Gasteiger partial charge is 0.0189 e. The third kappa shape index (κ3) is 2.62. The zero-order chi connectivity index (χ0) is 20.5. The van der Waals surface area contributed by atoms with Crippen LogP contribution in [0.25, 0.3) is 0 Å². The Kier molecular flexibility index (Phi) is 5.04. The van der Waals surface area contributed by atoms with Gasteiger partial charge in [-0.3, -0.25) is 0 Å². The van der Waals surface area contributed by atoms with E-state index in [1.54, 1.807) is 57.8 Å². The standard InChI is InChI=1S/C29H50/c1-6-10-21-13-17-27(4)22(19-21)11-12-23-24(27)14-18-28(5)25(23)20-26(3)15-8-9-16-29(26,28)7-2/h21-25H,6-20H2,1-5H3. The molecule has 0 N–H and O–H groups in total. The van der Waals surface area contributed by atoms with Gasteiger partial charge in [0.25, 0.3) is 0 Å². The minimum absolute atomic E-state index is 0.640. The lowest BCUT2D eigenvalue weighted by molar-refractivity contribution is -0.144. The van der Waals surface area contributed by atoms with Gasteiger partial charge in [0.05, 0.1) is 0 Å². The summed E-state index contributed by atoms with van der Waals surface area (Å²) in [6.07, 6.45) is 23.0. The molecule has 0 aromatic carbocycles. The molecule has 0 aromatic heterocycles. The van der Waals surface area contributed by atoms with Crippen LogP contribution in [0, 0.1) is 51.2 Å². The Hall–Kier alpha value is 0. The maximum atomic E-state index is 2.81. The summed E-state index contributed by atoms with van der Waals surface area (Å²) < 4.78 is 0. The summed E-state index contributed by atoms with van der Waals surface area (Å²) in [6.45, 7) is 13.3. The van der Waals surface area contributed by atoms with Crippen LogP contribution < -0.4 is 0 Å². The highest BCUT2D eigenvalue weighted by Gasteiger charge is 2.70. The SMILES string of the molecule is CCCC1CCC2(C)C(CCC3C2CCC2(C)C3CC3(C)CCCCC32CC)C1. The van der Waals surface area contributed by atoms with Gasteiger partial charge in [-0.1, -0.05) is 60.3 Å². The molecule has 0 heteroatoms. The molecule has 0 nitrogen and oxygen atoms in total. The molecule has 9 atom stereocenters. The zero-order valence-electron chi connectivity index (χ0n) is 20.5. The average molecular weight is 399 g/mol. The average Bonchev–Trinajstić information content (AvgIpc) is 2.92. The Balaban J connectivity index is 1.45. The van der Waals surface area contributed by atoms with Crippen LogP contribution in [-0.4, -0.2) is 0 Å². The molecular formula is C29H50. The summed E-state index contributed by atoms with van der Waals surface area (Å²) >= 11 is 0. The van der Waals surface area contributed by atoms with Crippen molar-refractivity contribution in [3.05, 3.63) is 0 Å². The zero-order valence-corrected chi connectivity index (χ0v) is 20.5. The van der Waals surface area contributed by atoms with E-state index in [4.69, 9.17) is 0 Å². The van der Waals surface area contributed by atoms with E-state index in [9.17, 15) is 0 Å². The van der Waals surface area contributed by atoms with E-state index in [1.807, 2.05) is 0 Å². The summed E-state index contributed by atoms with van der Waals surface area (Å²) in [5.41, 5.74) is 2.62. The lowest BCUT2D eigenvalue weighted by Gasteiger charge is -2.63. The van der Waals surface area contributed by atoms with Crippen molar-refractivity contribution in [3.63, 3.8) is 0 Å². The Morgan fingerprint density at radius 3 is 2.34 bits per heavy atom. The fraction of sp³-hybridized carbons (Fsp3) is 1.00. The largest absolute Gasteiger partial charge is 0.0654 e. The number of fused-ring (bicyclic) bond motifs is 7. The summed E-state index contributed by atoms with van der Waals surface area (Å²) in [4.78, 5) is 0. The van der Waals surface area contributed by atoms with E-state index in [0.29, 0.717) is 21.7 Å². The fourth-order valence-corrected chi connectivity index (χ4v) is 11.6. The molecule has 5 aliphatic rings. The van der Waals surface area contributed by atoms with Crippen molar-refractivity contribution in [1.82, 2.24) is 0 Å². The molecule has 166 valence electrons. The molecule has 5 aliphatic carbocycles. The second-order valence-electron chi connectivity index (χ2n) is 13.4. The van der Waals surface area contributed by atoms with E-state index in [0.717, 1.165) is 29.6 Å². The first-order valence-corrected chi connectivity index (χ1v) is 13.8. The molecule has 29 heavy (non-hydrogen) atoms. The Morgan fingerprint density at radius 1 is 0.793 bits per heavy atom. The third-order valence-corrected chi connectivity index (χ3v) is 13.0. The Morgan fingerprint density at radius 2 is 1.59 bits per heavy atom. The van der Waals surface area contributed by atoms with Crippen molar-refractivity contribution >= 4 is 0 Å². The summed E-state index contributed by atoms with van der Waals surface area (Å²) in [5, 5.41) is 0. The van der Waals surface area contributed by atoms with Gasteiger partial charge in [-0.2, -0.15) is 0 Å². The molecule has 0 aliphatic heterocycles. The molecule has 0 radical (unpaired) electrons. The van der Waals surface area contributed by atoms with Crippen LogP contribution in [0.3, 0.4) is 0 Å². The molecule has 0 aromatic rings. The van der Waals surface area contributed by atoms with Gasteiger partial charge in [-0.15, -0.1) is 0 Å². The quantitative estimate of drug-likeness (QED) is 0.445. The van der Waals surface area contributed by atoms with E-state index in [2.05, 4.69) is 34.6 Å². The molecule has 5 saturated carbocycles. The van der Waals surface area contributed by atoms with Crippen LogP contribution in [-0.2, 0) is 0 Å². The minimum Gasteiger partial charge on any atom is -0.0654 e. The van der Waals surface area contributed by atoms with Crippen LogP contribution in [0.2, 0.25) is 0 Å². The predicted octanol–water partition coefficient (Wildman–Crippen LogP) is 9.03. The van der Waals surface area contributed by atoms with Crippen LogP contribution in [0.15, 0.2) is 0 Å². The molecule has 0 spiro atoms. The molecule has 5 fully saturated rings. The van der Waals surface area contributed by atoms with Crippen LogP contribution in [0.5, 0.6) is 0 Å². The first-order valence-electron chi connectivity index (χ1n) is 13.8. The van der Waals surface area contributed by atoms with Crippen molar-refractivity contribution in [2.45, 2.75) is 131 Å². The maximum absolute atomic E-state index is 2.81. The molecule has 9 unspecified atom stereocenters. The van der Waals surface area contributed by atoms with E-state index >= 15 is 0 Å². The summed E-state index contributed by atoms with van der Waals surface area (Å²) in [7, 11) is 0. The molecule has 5 rings (SSSR count). The second-order valence-corrected chi connectivity index (χ2v) is 13.4. The summed E-state index contributed by atoms with van der Waals surface area (Å²) in [5.74, 6) is 5.26. The number of rotatable bonds is 3. The molecule has 0 bridgehead atoms. The van der Waals surface area contributed by atoms with Gasteiger partial charge in [0.15, 0.2) is 0 Å². The maximum Gasteiger partial charge on any atom is -0.0189 e. The Labute approximate surface area is 182 Å². The van der Waals surface area contributed by atoms with Crippen molar-refractivity contribution in [2.75, 3.05) is 0 Å². The van der Waals surface area contributed by atoms with Gasteiger partial charge >= 0.3 is 0 Å². The van der Waals surface area contributed by atoms with Gasteiger partial charge < -0.3 is 0 Å². The Bertz CT molecular complexity index is 622. The topological polar surface area (TPSA) is 0 Å². The highest BCUT2D eigenvalue weighted by Crippen LogP contribution is 2.78. The van der Waals surface area contributed by atoms with Crippen molar-refractivity contribution in [3.8, 4) is 0 Å². The molecular weight excluding hydrogens is 348 g/mol. The van der Waals surface area contributed by atoms with E-state index in [-0.39, 0.29) is 0 Å². The number of hydrogen-bond donors (Lipinski definition) is 0. The van der Waals surface area contributed by atoms with Crippen LogP contribution in [0.4, 0.5) is 0 Å². The number of hydrogen-bond acceptors (Lipinski definition) is 0. The fourth-order valence-electron chi connectivity index (χ4n) is 11.6. The van der Waals surface area contributed by atoms with E-state index in [1.165, 1.54) is 38.5 Å². The highest BCUT2D eigenvalue weighted by atomic mass is 14.7. The van der Waals surface area contributed by atoms with Gasteiger partial charge in [0.1, 0.15) is 0 Å². The predicted molar refractivity (Wildman–Crippen MR) is 125 cm³/mol. The van der Waals surface area contributed by atoms with Gasteiger partial charge in [-0.05, 0) is 122 Å². The minimum atomic E-state index is 0.640. The molecule has 0 saturated heterocycles. The van der Waals surface area contributed by atoms with Crippen molar-refractivity contribution in [2.24, 2.45) is 51.2 Å². The van der Waals surface area contributed by atoms with Crippen molar-refractivity contribution < 1.29 is 0 Å². The first kappa shape index (κ1) is 20.9.